The fourth-order valence-corrected chi connectivity index (χ4v) is 3.74. The van der Waals surface area contributed by atoms with E-state index in [1.807, 2.05) is 64.2 Å². The third-order valence-corrected chi connectivity index (χ3v) is 5.40. The Kier molecular flexibility index (Phi) is 8.01. The SMILES string of the molecule is O=C(NCCCC(=O)N(CCc1ccccc1)Cc1ccccc1)c1ccsc1. The van der Waals surface area contributed by atoms with E-state index in [9.17, 15) is 9.59 Å². The number of carbonyl (C=O) groups is 2. The summed E-state index contributed by atoms with van der Waals surface area (Å²) in [5.74, 6) is 0.0403. The molecule has 0 spiro atoms. The Bertz CT molecular complexity index is 880. The predicted octanol–water partition coefficient (Wildman–Crippen LogP) is 4.53. The Balaban J connectivity index is 1.51. The molecule has 0 aliphatic heterocycles. The lowest BCUT2D eigenvalue weighted by Gasteiger charge is -2.23. The largest absolute Gasteiger partial charge is 0.352 e. The van der Waals surface area contributed by atoms with E-state index in [0.29, 0.717) is 38.0 Å². The minimum Gasteiger partial charge on any atom is -0.352 e. The lowest BCUT2D eigenvalue weighted by Crippen LogP contribution is -2.33. The molecule has 0 aliphatic rings. The van der Waals surface area contributed by atoms with E-state index in [4.69, 9.17) is 0 Å². The van der Waals surface area contributed by atoms with Gasteiger partial charge >= 0.3 is 0 Å². The average Bonchev–Trinajstić information content (AvgIpc) is 3.30. The Morgan fingerprint density at radius 3 is 2.24 bits per heavy atom. The zero-order valence-electron chi connectivity index (χ0n) is 16.4. The van der Waals surface area contributed by atoms with Gasteiger partial charge in [-0.25, -0.2) is 0 Å². The quantitative estimate of drug-likeness (QED) is 0.503. The van der Waals surface area contributed by atoms with Gasteiger partial charge in [0.2, 0.25) is 5.91 Å². The third kappa shape index (κ3) is 6.88. The smallest absolute Gasteiger partial charge is 0.252 e. The fraction of sp³-hybridized carbons (Fsp3) is 0.250. The van der Waals surface area contributed by atoms with Crippen LogP contribution < -0.4 is 5.32 Å². The van der Waals surface area contributed by atoms with Crippen molar-refractivity contribution < 1.29 is 9.59 Å². The topological polar surface area (TPSA) is 49.4 Å². The van der Waals surface area contributed by atoms with Gasteiger partial charge in [-0.1, -0.05) is 60.7 Å². The van der Waals surface area contributed by atoms with Crippen molar-refractivity contribution in [2.24, 2.45) is 0 Å². The van der Waals surface area contributed by atoms with Gasteiger partial charge in [-0.15, -0.1) is 0 Å². The van der Waals surface area contributed by atoms with Gasteiger partial charge in [-0.05, 0) is 35.4 Å². The maximum Gasteiger partial charge on any atom is 0.252 e. The molecular formula is C24H26N2O2S. The van der Waals surface area contributed by atoms with Crippen LogP contribution >= 0.6 is 11.3 Å². The van der Waals surface area contributed by atoms with Crippen LogP contribution in [0.5, 0.6) is 0 Å². The summed E-state index contributed by atoms with van der Waals surface area (Å²) in [4.78, 5) is 26.8. The maximum absolute atomic E-state index is 12.9. The molecule has 0 atom stereocenters. The number of amides is 2. The molecule has 1 N–H and O–H groups in total. The van der Waals surface area contributed by atoms with Crippen molar-refractivity contribution in [1.82, 2.24) is 10.2 Å². The highest BCUT2D eigenvalue weighted by Gasteiger charge is 2.14. The van der Waals surface area contributed by atoms with Crippen LogP contribution in [0.3, 0.4) is 0 Å². The molecule has 29 heavy (non-hydrogen) atoms. The Hall–Kier alpha value is -2.92. The van der Waals surface area contributed by atoms with Crippen molar-refractivity contribution in [3.63, 3.8) is 0 Å². The lowest BCUT2D eigenvalue weighted by atomic mass is 10.1. The van der Waals surface area contributed by atoms with E-state index in [-0.39, 0.29) is 11.8 Å². The number of nitrogens with one attached hydrogen (secondary N) is 1. The summed E-state index contributed by atoms with van der Waals surface area (Å²) < 4.78 is 0. The fourth-order valence-electron chi connectivity index (χ4n) is 3.10. The Morgan fingerprint density at radius 2 is 1.59 bits per heavy atom. The zero-order chi connectivity index (χ0) is 20.3. The van der Waals surface area contributed by atoms with Gasteiger partial charge < -0.3 is 10.2 Å². The number of hydrogen-bond acceptors (Lipinski definition) is 3. The lowest BCUT2D eigenvalue weighted by molar-refractivity contribution is -0.131. The molecule has 1 aromatic heterocycles. The average molecular weight is 407 g/mol. The van der Waals surface area contributed by atoms with Crippen LogP contribution in [0.2, 0.25) is 0 Å². The zero-order valence-corrected chi connectivity index (χ0v) is 17.2. The summed E-state index contributed by atoms with van der Waals surface area (Å²) in [6, 6.07) is 22.1. The summed E-state index contributed by atoms with van der Waals surface area (Å²) >= 11 is 1.50. The predicted molar refractivity (Wildman–Crippen MR) is 118 cm³/mol. The number of hydrogen-bond donors (Lipinski definition) is 1. The summed E-state index contributed by atoms with van der Waals surface area (Å²) in [6.07, 6.45) is 1.88. The number of thiophene rings is 1. The summed E-state index contributed by atoms with van der Waals surface area (Å²) in [5, 5.41) is 6.59. The van der Waals surface area contributed by atoms with E-state index >= 15 is 0 Å². The van der Waals surface area contributed by atoms with Crippen LogP contribution in [0, 0.1) is 0 Å². The molecule has 0 aliphatic carbocycles. The third-order valence-electron chi connectivity index (χ3n) is 4.72. The molecule has 3 rings (SSSR count). The summed E-state index contributed by atoms with van der Waals surface area (Å²) in [6.45, 7) is 1.78. The van der Waals surface area contributed by atoms with Crippen LogP contribution in [0.25, 0.3) is 0 Å². The van der Waals surface area contributed by atoms with Gasteiger partial charge in [0.1, 0.15) is 0 Å². The normalized spacial score (nSPS) is 10.5. The van der Waals surface area contributed by atoms with E-state index < -0.39 is 0 Å². The van der Waals surface area contributed by atoms with E-state index in [1.54, 1.807) is 6.07 Å². The van der Waals surface area contributed by atoms with Gasteiger partial charge in [-0.3, -0.25) is 9.59 Å². The monoisotopic (exact) mass is 406 g/mol. The standard InChI is InChI=1S/C24H26N2O2S/c27-23(12-7-15-25-24(28)22-14-17-29-19-22)26(18-21-10-5-2-6-11-21)16-13-20-8-3-1-4-9-20/h1-6,8-11,14,17,19H,7,12-13,15-16,18H2,(H,25,28). The van der Waals surface area contributed by atoms with Gasteiger partial charge in [0.25, 0.3) is 5.91 Å². The summed E-state index contributed by atoms with van der Waals surface area (Å²) in [7, 11) is 0. The van der Waals surface area contributed by atoms with Crippen LogP contribution in [-0.4, -0.2) is 29.8 Å². The highest BCUT2D eigenvalue weighted by atomic mass is 32.1. The van der Waals surface area contributed by atoms with Crippen molar-refractivity contribution in [3.8, 4) is 0 Å². The molecule has 1 heterocycles. The molecule has 0 unspecified atom stereocenters. The van der Waals surface area contributed by atoms with E-state index in [1.165, 1.54) is 16.9 Å². The second kappa shape index (κ2) is 11.2. The van der Waals surface area contributed by atoms with Crippen molar-refractivity contribution in [1.29, 1.82) is 0 Å². The number of benzene rings is 2. The molecule has 2 amide bonds. The van der Waals surface area contributed by atoms with Crippen molar-refractivity contribution >= 4 is 23.2 Å². The van der Waals surface area contributed by atoms with Gasteiger partial charge in [0.15, 0.2) is 0 Å². The highest BCUT2D eigenvalue weighted by molar-refractivity contribution is 7.08. The van der Waals surface area contributed by atoms with Crippen molar-refractivity contribution in [2.45, 2.75) is 25.8 Å². The first kappa shape index (κ1) is 20.8. The molecule has 5 heteroatoms. The first-order valence-electron chi connectivity index (χ1n) is 9.88. The van der Waals surface area contributed by atoms with Crippen molar-refractivity contribution in [2.75, 3.05) is 13.1 Å². The number of nitrogens with zero attached hydrogens (tertiary/aromatic N) is 1. The van der Waals surface area contributed by atoms with Gasteiger partial charge in [0.05, 0.1) is 0 Å². The molecule has 0 saturated heterocycles. The van der Waals surface area contributed by atoms with Gasteiger partial charge in [-0.2, -0.15) is 11.3 Å². The molecule has 3 aromatic rings. The molecule has 0 radical (unpaired) electrons. The first-order valence-corrected chi connectivity index (χ1v) is 10.8. The first-order chi connectivity index (χ1) is 14.2. The molecule has 150 valence electrons. The minimum atomic E-state index is -0.0797. The maximum atomic E-state index is 12.9. The Morgan fingerprint density at radius 1 is 0.897 bits per heavy atom. The molecule has 0 fully saturated rings. The second-order valence-corrected chi connectivity index (χ2v) is 7.69. The van der Waals surface area contributed by atoms with Crippen LogP contribution in [0.1, 0.15) is 34.3 Å². The molecular weight excluding hydrogens is 380 g/mol. The highest BCUT2D eigenvalue weighted by Crippen LogP contribution is 2.10. The van der Waals surface area contributed by atoms with Crippen LogP contribution in [-0.2, 0) is 17.8 Å². The van der Waals surface area contributed by atoms with Crippen LogP contribution in [0.4, 0.5) is 0 Å². The summed E-state index contributed by atoms with van der Waals surface area (Å²) in [5.41, 5.74) is 3.02. The Labute approximate surface area is 176 Å². The minimum absolute atomic E-state index is 0.0797. The molecule has 4 nitrogen and oxygen atoms in total. The second-order valence-electron chi connectivity index (χ2n) is 6.91. The van der Waals surface area contributed by atoms with Gasteiger partial charge in [0, 0.05) is 37.0 Å². The molecule has 0 bridgehead atoms. The van der Waals surface area contributed by atoms with Crippen LogP contribution in [0.15, 0.2) is 77.5 Å². The molecule has 0 saturated carbocycles. The number of rotatable bonds is 10. The van der Waals surface area contributed by atoms with Crippen molar-refractivity contribution in [3.05, 3.63) is 94.2 Å². The molecule has 2 aromatic carbocycles. The number of carbonyl (C=O) groups excluding carboxylic acids is 2. The van der Waals surface area contributed by atoms with E-state index in [2.05, 4.69) is 17.4 Å². The van der Waals surface area contributed by atoms with E-state index in [0.717, 1.165) is 12.0 Å².